The Labute approximate surface area is 169 Å². The molecular weight excluding hydrogens is 401 g/mol. The lowest BCUT2D eigenvalue weighted by atomic mass is 10.2. The number of aromatic nitrogens is 2. The number of imidazole rings is 1. The average Bonchev–Trinajstić information content (AvgIpc) is 3.08. The van der Waals surface area contributed by atoms with Crippen molar-refractivity contribution in [1.29, 1.82) is 0 Å². The number of carbonyl (C=O) groups is 1. The molecule has 0 aliphatic rings. The highest BCUT2D eigenvalue weighted by Gasteiger charge is 2.08. The Bertz CT molecular complexity index is 1170. The van der Waals surface area contributed by atoms with Gasteiger partial charge in [0, 0.05) is 17.7 Å². The van der Waals surface area contributed by atoms with Gasteiger partial charge in [-0.05, 0) is 48.5 Å². The van der Waals surface area contributed by atoms with Crippen LogP contribution in [0.4, 0.5) is 4.79 Å². The molecular formula is C20H13Cl2N3O3. The number of nitrogens with one attached hydrogen (secondary N) is 1. The molecule has 0 unspecified atom stereocenters. The lowest BCUT2D eigenvalue weighted by Crippen LogP contribution is -2.16. The molecule has 28 heavy (non-hydrogen) atoms. The first kappa shape index (κ1) is 18.2. The predicted octanol–water partition coefficient (Wildman–Crippen LogP) is 5.79. The van der Waals surface area contributed by atoms with Crippen molar-refractivity contribution in [1.82, 2.24) is 9.97 Å². The third-order valence-electron chi connectivity index (χ3n) is 3.93. The molecule has 0 saturated heterocycles. The molecule has 4 aromatic rings. The van der Waals surface area contributed by atoms with Gasteiger partial charge in [-0.25, -0.2) is 9.78 Å². The zero-order valence-corrected chi connectivity index (χ0v) is 15.8. The molecule has 4 rings (SSSR count). The maximum Gasteiger partial charge on any atom is 0.409 e. The summed E-state index contributed by atoms with van der Waals surface area (Å²) in [6, 6.07) is 17.5. The molecule has 8 heteroatoms. The van der Waals surface area contributed by atoms with Gasteiger partial charge in [0.15, 0.2) is 0 Å². The minimum Gasteiger partial charge on any atom is -0.457 e. The van der Waals surface area contributed by atoms with Gasteiger partial charge in [-0.1, -0.05) is 23.2 Å². The molecule has 1 heterocycles. The van der Waals surface area contributed by atoms with Gasteiger partial charge in [0.05, 0.1) is 21.1 Å². The maximum atomic E-state index is 10.9. The Morgan fingerprint density at radius 3 is 2.32 bits per heavy atom. The first-order valence-corrected chi connectivity index (χ1v) is 8.94. The molecule has 0 aliphatic heterocycles. The van der Waals surface area contributed by atoms with E-state index < -0.39 is 6.09 Å². The van der Waals surface area contributed by atoms with E-state index in [0.717, 1.165) is 16.6 Å². The monoisotopic (exact) mass is 413 g/mol. The van der Waals surface area contributed by atoms with Crippen molar-refractivity contribution >= 4 is 40.3 Å². The Balaban J connectivity index is 1.56. The Morgan fingerprint density at radius 1 is 0.893 bits per heavy atom. The number of hydrogen-bond acceptors (Lipinski definition) is 4. The number of carbonyl (C=O) groups excluding carboxylic acids is 1. The van der Waals surface area contributed by atoms with Crippen LogP contribution in [-0.2, 0) is 0 Å². The molecule has 0 radical (unpaired) electrons. The van der Waals surface area contributed by atoms with E-state index in [9.17, 15) is 4.79 Å². The summed E-state index contributed by atoms with van der Waals surface area (Å²) >= 11 is 11.9. The van der Waals surface area contributed by atoms with E-state index in [1.54, 1.807) is 36.4 Å². The summed E-state index contributed by atoms with van der Waals surface area (Å²) in [6.45, 7) is 0. The third kappa shape index (κ3) is 3.88. The van der Waals surface area contributed by atoms with Crippen LogP contribution >= 0.6 is 23.2 Å². The van der Waals surface area contributed by atoms with E-state index in [1.807, 2.05) is 24.3 Å². The number of nitrogens with zero attached hydrogens (tertiary/aromatic N) is 1. The highest BCUT2D eigenvalue weighted by atomic mass is 35.5. The maximum absolute atomic E-state index is 10.9. The smallest absolute Gasteiger partial charge is 0.409 e. The molecule has 0 bridgehead atoms. The Kier molecular flexibility index (Phi) is 4.81. The normalized spacial score (nSPS) is 10.8. The highest BCUT2D eigenvalue weighted by molar-refractivity contribution is 6.42. The fourth-order valence-corrected chi connectivity index (χ4v) is 2.95. The molecule has 0 aliphatic carbocycles. The highest BCUT2D eigenvalue weighted by Crippen LogP contribution is 2.31. The number of H-pyrrole nitrogens is 1. The van der Waals surface area contributed by atoms with E-state index in [2.05, 4.69) is 9.97 Å². The van der Waals surface area contributed by atoms with Crippen molar-refractivity contribution in [2.75, 3.05) is 0 Å². The van der Waals surface area contributed by atoms with Gasteiger partial charge in [-0.3, -0.25) is 0 Å². The SMILES string of the molecule is NC(=O)Oc1ccc2nc(-c3ccc(Oc4ccc(Cl)c(Cl)c4)cc3)[nH]c2c1. The van der Waals surface area contributed by atoms with Crippen molar-refractivity contribution in [2.24, 2.45) is 5.73 Å². The molecule has 3 N–H and O–H groups in total. The van der Waals surface area contributed by atoms with Crippen LogP contribution in [0.2, 0.25) is 10.0 Å². The van der Waals surface area contributed by atoms with Crippen LogP contribution < -0.4 is 15.2 Å². The number of ether oxygens (including phenoxy) is 2. The van der Waals surface area contributed by atoms with Crippen LogP contribution in [-0.4, -0.2) is 16.1 Å². The van der Waals surface area contributed by atoms with Gasteiger partial charge >= 0.3 is 6.09 Å². The largest absolute Gasteiger partial charge is 0.457 e. The summed E-state index contributed by atoms with van der Waals surface area (Å²) in [5, 5.41) is 0.899. The predicted molar refractivity (Wildman–Crippen MR) is 108 cm³/mol. The van der Waals surface area contributed by atoms with Crippen LogP contribution in [0.3, 0.4) is 0 Å². The number of hydrogen-bond donors (Lipinski definition) is 2. The number of halogens is 2. The van der Waals surface area contributed by atoms with Gasteiger partial charge in [-0.2, -0.15) is 0 Å². The summed E-state index contributed by atoms with van der Waals surface area (Å²) < 4.78 is 10.7. The molecule has 0 atom stereocenters. The number of rotatable bonds is 4. The minimum atomic E-state index is -0.864. The van der Waals surface area contributed by atoms with Gasteiger partial charge in [0.25, 0.3) is 0 Å². The molecule has 0 spiro atoms. The van der Waals surface area contributed by atoms with E-state index >= 15 is 0 Å². The third-order valence-corrected chi connectivity index (χ3v) is 4.67. The van der Waals surface area contributed by atoms with E-state index in [4.69, 9.17) is 38.4 Å². The fourth-order valence-electron chi connectivity index (χ4n) is 2.66. The van der Waals surface area contributed by atoms with E-state index in [-0.39, 0.29) is 0 Å². The number of benzene rings is 3. The number of nitrogens with two attached hydrogens (primary N) is 1. The minimum absolute atomic E-state index is 0.348. The second-order valence-electron chi connectivity index (χ2n) is 5.89. The summed E-state index contributed by atoms with van der Waals surface area (Å²) in [6.07, 6.45) is -0.864. The fraction of sp³-hybridized carbons (Fsp3) is 0. The zero-order chi connectivity index (χ0) is 19.7. The standard InChI is InChI=1S/C20H13Cl2N3O3/c21-15-7-5-13(9-16(15)22)27-12-3-1-11(2-4-12)19-24-17-8-6-14(28-20(23)26)10-18(17)25-19/h1-10H,(H2,23,26)(H,24,25). The number of aromatic amines is 1. The lowest BCUT2D eigenvalue weighted by Gasteiger charge is -2.07. The van der Waals surface area contributed by atoms with Crippen molar-refractivity contribution in [2.45, 2.75) is 0 Å². The summed E-state index contributed by atoms with van der Waals surface area (Å²) in [7, 11) is 0. The molecule has 140 valence electrons. The molecule has 3 aromatic carbocycles. The van der Waals surface area contributed by atoms with Crippen molar-refractivity contribution in [3.8, 4) is 28.6 Å². The van der Waals surface area contributed by atoms with Gasteiger partial charge in [-0.15, -0.1) is 0 Å². The number of amides is 1. The summed E-state index contributed by atoms with van der Waals surface area (Å²) in [5.74, 6) is 2.26. The second-order valence-corrected chi connectivity index (χ2v) is 6.70. The molecule has 0 fully saturated rings. The summed E-state index contributed by atoms with van der Waals surface area (Å²) in [5.41, 5.74) is 7.37. The van der Waals surface area contributed by atoms with Crippen molar-refractivity contribution in [3.05, 3.63) is 70.7 Å². The quantitative estimate of drug-likeness (QED) is 0.443. The first-order chi connectivity index (χ1) is 13.5. The topological polar surface area (TPSA) is 90.2 Å². The van der Waals surface area contributed by atoms with Crippen LogP contribution in [0, 0.1) is 0 Å². The van der Waals surface area contributed by atoms with Crippen LogP contribution in [0.15, 0.2) is 60.7 Å². The average molecular weight is 414 g/mol. The lowest BCUT2D eigenvalue weighted by molar-refractivity contribution is 0.211. The Morgan fingerprint density at radius 2 is 1.61 bits per heavy atom. The van der Waals surface area contributed by atoms with Crippen molar-refractivity contribution < 1.29 is 14.3 Å². The van der Waals surface area contributed by atoms with Crippen LogP contribution in [0.5, 0.6) is 17.2 Å². The summed E-state index contributed by atoms with van der Waals surface area (Å²) in [4.78, 5) is 18.6. The number of primary amides is 1. The van der Waals surface area contributed by atoms with E-state index in [1.165, 1.54) is 0 Å². The molecule has 0 saturated carbocycles. The van der Waals surface area contributed by atoms with E-state index in [0.29, 0.717) is 33.1 Å². The van der Waals surface area contributed by atoms with Gasteiger partial charge in [0.1, 0.15) is 23.1 Å². The molecule has 1 amide bonds. The second kappa shape index (κ2) is 7.42. The first-order valence-electron chi connectivity index (χ1n) is 8.18. The van der Waals surface area contributed by atoms with Crippen LogP contribution in [0.25, 0.3) is 22.4 Å². The van der Waals surface area contributed by atoms with Gasteiger partial charge in [0.2, 0.25) is 0 Å². The molecule has 6 nitrogen and oxygen atoms in total. The zero-order valence-electron chi connectivity index (χ0n) is 14.3. The number of fused-ring (bicyclic) bond motifs is 1. The van der Waals surface area contributed by atoms with Crippen molar-refractivity contribution in [3.63, 3.8) is 0 Å². The molecule has 1 aromatic heterocycles. The van der Waals surface area contributed by atoms with Gasteiger partial charge < -0.3 is 20.2 Å². The Hall–Kier alpha value is -3.22. The van der Waals surface area contributed by atoms with Crippen LogP contribution in [0.1, 0.15) is 0 Å².